The number of amides is 2. The van der Waals surface area contributed by atoms with Crippen molar-refractivity contribution in [2.24, 2.45) is 5.41 Å². The van der Waals surface area contributed by atoms with Crippen LogP contribution in [0.5, 0.6) is 5.75 Å². The third-order valence-electron chi connectivity index (χ3n) is 7.37. The fourth-order valence-electron chi connectivity index (χ4n) is 5.16. The summed E-state index contributed by atoms with van der Waals surface area (Å²) in [6, 6.07) is 13.9. The second-order valence-corrected chi connectivity index (χ2v) is 12.2. The van der Waals surface area contributed by atoms with Gasteiger partial charge in [-0.05, 0) is 68.0 Å². The maximum atomic E-state index is 13.6. The number of para-hydroxylation sites is 1. The molecule has 1 saturated heterocycles. The van der Waals surface area contributed by atoms with E-state index in [1.54, 1.807) is 16.8 Å². The first-order valence-corrected chi connectivity index (χ1v) is 14.5. The van der Waals surface area contributed by atoms with E-state index in [1.807, 2.05) is 18.2 Å². The number of halogens is 1. The van der Waals surface area contributed by atoms with Gasteiger partial charge in [0.05, 0.1) is 16.9 Å². The average molecular weight is 533 g/mol. The molecule has 7 nitrogen and oxygen atoms in total. The number of likely N-dealkylation sites (N-methyl/N-ethyl adjacent to an activating group) is 1. The number of hydrogen-bond donors (Lipinski definition) is 0. The molecular weight excluding hydrogens is 500 g/mol. The number of benzene rings is 2. The number of likely N-dealkylation sites (tertiary alicyclic amines) is 1. The summed E-state index contributed by atoms with van der Waals surface area (Å²) in [7, 11) is -1.96. The molecule has 2 amide bonds. The second-order valence-electron chi connectivity index (χ2n) is 9.76. The molecule has 1 spiro atoms. The molecular formula is C27H33ClN2O5S. The third-order valence-corrected chi connectivity index (χ3v) is 9.24. The minimum absolute atomic E-state index is 0.0774. The molecule has 0 saturated carbocycles. The van der Waals surface area contributed by atoms with Gasteiger partial charge in [-0.2, -0.15) is 0 Å². The maximum Gasteiger partial charge on any atom is 0.238 e. The highest BCUT2D eigenvalue weighted by Gasteiger charge is 2.43. The molecule has 0 atom stereocenters. The van der Waals surface area contributed by atoms with Crippen molar-refractivity contribution in [1.82, 2.24) is 9.80 Å². The first-order chi connectivity index (χ1) is 17.2. The molecule has 4 rings (SSSR count). The van der Waals surface area contributed by atoms with Gasteiger partial charge in [-0.1, -0.05) is 36.2 Å². The van der Waals surface area contributed by atoms with Crippen molar-refractivity contribution in [2.45, 2.75) is 43.4 Å². The zero-order valence-corrected chi connectivity index (χ0v) is 22.2. The summed E-state index contributed by atoms with van der Waals surface area (Å²) in [6.07, 6.45) is 4.54. The van der Waals surface area contributed by atoms with E-state index in [0.717, 1.165) is 31.4 Å². The molecule has 0 radical (unpaired) electrons. The van der Waals surface area contributed by atoms with Gasteiger partial charge in [-0.3, -0.25) is 9.59 Å². The fraction of sp³-hybridized carbons (Fsp3) is 0.481. The van der Waals surface area contributed by atoms with Crippen LogP contribution in [-0.2, 0) is 25.8 Å². The summed E-state index contributed by atoms with van der Waals surface area (Å²) in [6.45, 7) is 1.64. The standard InChI is InChI=1S/C27H33ClN2O5S/c1-29-18-19-35-24-8-3-2-6-21(24)7-4-5-13-27(26(29)32)14-16-30(17-15-27)25(31)20-36(33,34)23-11-9-22(28)10-12-23/h2-3,6,8-12H,4-5,7,13-20H2,1H3. The first-order valence-electron chi connectivity index (χ1n) is 12.4. The average Bonchev–Trinajstić information content (AvgIpc) is 2.86. The Morgan fingerprint density at radius 3 is 2.42 bits per heavy atom. The van der Waals surface area contributed by atoms with Gasteiger partial charge in [-0.25, -0.2) is 8.42 Å². The van der Waals surface area contributed by atoms with Crippen molar-refractivity contribution >= 4 is 33.3 Å². The minimum Gasteiger partial charge on any atom is -0.491 e. The van der Waals surface area contributed by atoms with Gasteiger partial charge in [0, 0.05) is 25.2 Å². The Morgan fingerprint density at radius 2 is 1.69 bits per heavy atom. The Bertz CT molecular complexity index is 1190. The van der Waals surface area contributed by atoms with Crippen LogP contribution in [0.25, 0.3) is 0 Å². The maximum absolute atomic E-state index is 13.6. The molecule has 2 heterocycles. The van der Waals surface area contributed by atoms with Crippen LogP contribution in [-0.4, -0.2) is 69.1 Å². The molecule has 2 aliphatic heterocycles. The van der Waals surface area contributed by atoms with E-state index < -0.39 is 26.9 Å². The van der Waals surface area contributed by atoms with E-state index in [9.17, 15) is 18.0 Å². The van der Waals surface area contributed by atoms with Crippen LogP contribution in [0.2, 0.25) is 5.02 Å². The lowest BCUT2D eigenvalue weighted by atomic mass is 9.73. The molecule has 2 aliphatic rings. The van der Waals surface area contributed by atoms with E-state index in [2.05, 4.69) is 6.07 Å². The predicted molar refractivity (Wildman–Crippen MR) is 139 cm³/mol. The second kappa shape index (κ2) is 11.2. The summed E-state index contributed by atoms with van der Waals surface area (Å²) in [5.41, 5.74) is 0.641. The van der Waals surface area contributed by atoms with Crippen LogP contribution in [0.4, 0.5) is 0 Å². The molecule has 1 fully saturated rings. The van der Waals surface area contributed by atoms with E-state index in [-0.39, 0.29) is 10.8 Å². The van der Waals surface area contributed by atoms with Crippen molar-refractivity contribution in [3.05, 3.63) is 59.1 Å². The molecule has 0 N–H and O–H groups in total. The zero-order chi connectivity index (χ0) is 25.8. The molecule has 0 aliphatic carbocycles. The highest BCUT2D eigenvalue weighted by Crippen LogP contribution is 2.39. The quantitative estimate of drug-likeness (QED) is 0.597. The van der Waals surface area contributed by atoms with Gasteiger partial charge in [0.2, 0.25) is 11.8 Å². The van der Waals surface area contributed by atoms with E-state index in [0.29, 0.717) is 44.1 Å². The van der Waals surface area contributed by atoms with Crippen molar-refractivity contribution in [3.8, 4) is 5.75 Å². The SMILES string of the molecule is CN1CCOc2ccccc2CCCCC2(CCN(C(=O)CS(=O)(=O)c3ccc(Cl)cc3)CC2)C1=O. The monoisotopic (exact) mass is 532 g/mol. The molecule has 9 heteroatoms. The lowest BCUT2D eigenvalue weighted by Crippen LogP contribution is -2.52. The predicted octanol–water partition coefficient (Wildman–Crippen LogP) is 3.99. The summed E-state index contributed by atoms with van der Waals surface area (Å²) in [5, 5.41) is 0.434. The fourth-order valence-corrected chi connectivity index (χ4v) is 6.51. The van der Waals surface area contributed by atoms with Crippen molar-refractivity contribution in [1.29, 1.82) is 0 Å². The van der Waals surface area contributed by atoms with Gasteiger partial charge in [0.25, 0.3) is 0 Å². The van der Waals surface area contributed by atoms with Crippen molar-refractivity contribution in [2.75, 3.05) is 39.0 Å². The summed E-state index contributed by atoms with van der Waals surface area (Å²) >= 11 is 5.85. The molecule has 2 aromatic rings. The summed E-state index contributed by atoms with van der Waals surface area (Å²) in [4.78, 5) is 29.9. The highest BCUT2D eigenvalue weighted by molar-refractivity contribution is 7.92. The summed E-state index contributed by atoms with van der Waals surface area (Å²) < 4.78 is 31.4. The topological polar surface area (TPSA) is 84.0 Å². The van der Waals surface area contributed by atoms with Crippen LogP contribution in [0, 0.1) is 5.41 Å². The molecule has 0 aromatic heterocycles. The first kappa shape index (κ1) is 26.5. The molecule has 0 unspecified atom stereocenters. The number of rotatable bonds is 3. The molecule has 2 aromatic carbocycles. The lowest BCUT2D eigenvalue weighted by Gasteiger charge is -2.43. The Kier molecular flexibility index (Phi) is 8.25. The van der Waals surface area contributed by atoms with Crippen LogP contribution in [0.1, 0.15) is 37.7 Å². The zero-order valence-electron chi connectivity index (χ0n) is 20.6. The molecule has 194 valence electrons. The normalized spacial score (nSPS) is 19.1. The van der Waals surface area contributed by atoms with Crippen LogP contribution in [0.15, 0.2) is 53.4 Å². The van der Waals surface area contributed by atoms with Gasteiger partial charge in [0.1, 0.15) is 18.1 Å². The Labute approximate surface area is 218 Å². The van der Waals surface area contributed by atoms with Crippen LogP contribution >= 0.6 is 11.6 Å². The van der Waals surface area contributed by atoms with E-state index >= 15 is 0 Å². The third kappa shape index (κ3) is 6.03. The Morgan fingerprint density at radius 1 is 1.00 bits per heavy atom. The van der Waals surface area contributed by atoms with Gasteiger partial charge < -0.3 is 14.5 Å². The number of sulfone groups is 1. The van der Waals surface area contributed by atoms with Gasteiger partial charge >= 0.3 is 0 Å². The number of piperidine rings is 1. The lowest BCUT2D eigenvalue weighted by molar-refractivity contribution is -0.147. The number of fused-ring (bicyclic) bond motifs is 1. The van der Waals surface area contributed by atoms with Crippen molar-refractivity contribution in [3.63, 3.8) is 0 Å². The summed E-state index contributed by atoms with van der Waals surface area (Å²) in [5.74, 6) is -0.0553. The highest BCUT2D eigenvalue weighted by atomic mass is 35.5. The smallest absolute Gasteiger partial charge is 0.238 e. The van der Waals surface area contributed by atoms with Gasteiger partial charge in [0.15, 0.2) is 9.84 Å². The Balaban J connectivity index is 1.41. The van der Waals surface area contributed by atoms with E-state index in [4.69, 9.17) is 16.3 Å². The number of ether oxygens (including phenoxy) is 1. The Hall–Kier alpha value is -2.58. The van der Waals surface area contributed by atoms with Gasteiger partial charge in [-0.15, -0.1) is 0 Å². The number of carbonyl (C=O) groups is 2. The largest absolute Gasteiger partial charge is 0.491 e. The number of carbonyl (C=O) groups excluding carboxylic acids is 2. The van der Waals surface area contributed by atoms with Crippen LogP contribution in [0.3, 0.4) is 0 Å². The molecule has 0 bridgehead atoms. The van der Waals surface area contributed by atoms with E-state index in [1.165, 1.54) is 29.8 Å². The van der Waals surface area contributed by atoms with Crippen molar-refractivity contribution < 1.29 is 22.7 Å². The number of hydrogen-bond acceptors (Lipinski definition) is 5. The minimum atomic E-state index is -3.77. The number of aryl methyl sites for hydroxylation is 1. The number of nitrogens with zero attached hydrogens (tertiary/aromatic N) is 2. The molecule has 36 heavy (non-hydrogen) atoms. The van der Waals surface area contributed by atoms with Crippen LogP contribution < -0.4 is 4.74 Å².